The number of nitrogens with one attached hydrogen (secondary N) is 2. The lowest BCUT2D eigenvalue weighted by atomic mass is 10.1. The number of hydrogen-bond acceptors (Lipinski definition) is 4. The molecule has 0 spiro atoms. The normalized spacial score (nSPS) is 24.0. The minimum absolute atomic E-state index is 0.459. The summed E-state index contributed by atoms with van der Waals surface area (Å²) in [4.78, 5) is 4.33. The monoisotopic (exact) mass is 325 g/mol. The third-order valence-electron chi connectivity index (χ3n) is 5.49. The quantitative estimate of drug-likeness (QED) is 0.743. The first-order valence-electron chi connectivity index (χ1n) is 9.15. The van der Waals surface area contributed by atoms with E-state index >= 15 is 0 Å². The fraction of sp³-hybridized carbons (Fsp3) is 0.579. The highest BCUT2D eigenvalue weighted by atomic mass is 15.3. The van der Waals surface area contributed by atoms with Gasteiger partial charge in [0, 0.05) is 31.6 Å². The Labute approximate surface area is 143 Å². The van der Waals surface area contributed by atoms with E-state index in [-0.39, 0.29) is 0 Å². The van der Waals surface area contributed by atoms with E-state index in [2.05, 4.69) is 58.0 Å². The molecule has 0 amide bonds. The molecule has 2 aromatic rings. The molecule has 0 radical (unpaired) electrons. The van der Waals surface area contributed by atoms with Crippen LogP contribution < -0.4 is 10.6 Å². The van der Waals surface area contributed by atoms with Gasteiger partial charge in [-0.1, -0.05) is 30.3 Å². The molecule has 24 heavy (non-hydrogen) atoms. The van der Waals surface area contributed by atoms with Crippen molar-refractivity contribution in [3.8, 4) is 0 Å². The largest absolute Gasteiger partial charge is 0.313 e. The molecule has 2 aliphatic carbocycles. The van der Waals surface area contributed by atoms with Crippen LogP contribution in [0.1, 0.15) is 43.5 Å². The highest BCUT2D eigenvalue weighted by Crippen LogP contribution is 2.46. The third-order valence-corrected chi connectivity index (χ3v) is 5.49. The second kappa shape index (κ2) is 6.65. The number of aryl methyl sites for hydroxylation is 1. The van der Waals surface area contributed by atoms with Crippen molar-refractivity contribution in [2.24, 2.45) is 5.41 Å². The summed E-state index contributed by atoms with van der Waals surface area (Å²) >= 11 is 0. The molecule has 5 heteroatoms. The Hall–Kier alpha value is -1.72. The molecule has 0 aliphatic heterocycles. The lowest BCUT2D eigenvalue weighted by molar-refractivity contribution is 0.413. The highest BCUT2D eigenvalue weighted by Gasteiger charge is 2.45. The third kappa shape index (κ3) is 3.52. The first-order valence-corrected chi connectivity index (χ1v) is 9.15. The molecular formula is C19H27N5. The van der Waals surface area contributed by atoms with Gasteiger partial charge in [-0.2, -0.15) is 5.10 Å². The minimum Gasteiger partial charge on any atom is -0.313 e. The molecule has 1 aromatic carbocycles. The van der Waals surface area contributed by atoms with Crippen molar-refractivity contribution in [3.63, 3.8) is 0 Å². The van der Waals surface area contributed by atoms with Crippen LogP contribution in [-0.4, -0.2) is 33.9 Å². The molecule has 1 heterocycles. The number of rotatable bonds is 9. The number of benzene rings is 1. The van der Waals surface area contributed by atoms with Crippen molar-refractivity contribution in [3.05, 3.63) is 48.0 Å². The summed E-state index contributed by atoms with van der Waals surface area (Å²) in [6, 6.07) is 11.6. The Kier molecular flexibility index (Phi) is 4.37. The zero-order valence-electron chi connectivity index (χ0n) is 14.4. The van der Waals surface area contributed by atoms with Crippen molar-refractivity contribution in [2.75, 3.05) is 13.1 Å². The molecule has 2 atom stereocenters. The van der Waals surface area contributed by atoms with E-state index in [9.17, 15) is 0 Å². The average molecular weight is 325 g/mol. The van der Waals surface area contributed by atoms with Gasteiger partial charge in [-0.05, 0) is 37.2 Å². The first kappa shape index (κ1) is 15.8. The molecule has 1 aromatic heterocycles. The Morgan fingerprint density at radius 3 is 2.79 bits per heavy atom. The van der Waals surface area contributed by atoms with Crippen LogP contribution >= 0.6 is 0 Å². The molecule has 2 N–H and O–H groups in total. The predicted molar refractivity (Wildman–Crippen MR) is 94.7 cm³/mol. The molecule has 128 valence electrons. The Balaban J connectivity index is 1.20. The fourth-order valence-electron chi connectivity index (χ4n) is 3.56. The Bertz CT molecular complexity index is 661. The zero-order chi connectivity index (χ0) is 16.4. The number of hydrogen-bond donors (Lipinski definition) is 2. The van der Waals surface area contributed by atoms with Crippen LogP contribution in [0.25, 0.3) is 0 Å². The molecule has 0 unspecified atom stereocenters. The molecule has 4 rings (SSSR count). The van der Waals surface area contributed by atoms with Gasteiger partial charge in [-0.15, -0.1) is 0 Å². The zero-order valence-corrected chi connectivity index (χ0v) is 14.4. The summed E-state index contributed by atoms with van der Waals surface area (Å²) in [5.74, 6) is 1.76. The summed E-state index contributed by atoms with van der Waals surface area (Å²) in [6.07, 6.45) is 5.59. The van der Waals surface area contributed by atoms with Gasteiger partial charge < -0.3 is 10.6 Å². The molecule has 0 saturated heterocycles. The average Bonchev–Trinajstić information content (AvgIpc) is 3.52. The SMILES string of the molecule is CCn1ncnc1CNCC1(CN[C@H]2C[C@@H]2c2ccccc2)CC1. The van der Waals surface area contributed by atoms with Gasteiger partial charge in [0.05, 0.1) is 6.54 Å². The molecule has 0 bridgehead atoms. The second-order valence-corrected chi connectivity index (χ2v) is 7.34. The van der Waals surface area contributed by atoms with E-state index in [1.165, 1.54) is 24.8 Å². The maximum absolute atomic E-state index is 4.33. The van der Waals surface area contributed by atoms with Gasteiger partial charge in [0.25, 0.3) is 0 Å². The number of aromatic nitrogens is 3. The van der Waals surface area contributed by atoms with Crippen LogP contribution in [0.4, 0.5) is 0 Å². The maximum atomic E-state index is 4.33. The van der Waals surface area contributed by atoms with Crippen LogP contribution in [0.3, 0.4) is 0 Å². The molecule has 5 nitrogen and oxygen atoms in total. The van der Waals surface area contributed by atoms with Crippen molar-refractivity contribution >= 4 is 0 Å². The lowest BCUT2D eigenvalue weighted by Crippen LogP contribution is -2.34. The summed E-state index contributed by atoms with van der Waals surface area (Å²) in [5, 5.41) is 11.6. The van der Waals surface area contributed by atoms with Gasteiger partial charge >= 0.3 is 0 Å². The Morgan fingerprint density at radius 2 is 2.04 bits per heavy atom. The molecular weight excluding hydrogens is 298 g/mol. The van der Waals surface area contributed by atoms with E-state index < -0.39 is 0 Å². The summed E-state index contributed by atoms with van der Waals surface area (Å²) < 4.78 is 1.96. The van der Waals surface area contributed by atoms with E-state index in [0.717, 1.165) is 37.9 Å². The number of nitrogens with zero attached hydrogens (tertiary/aromatic N) is 3. The van der Waals surface area contributed by atoms with Crippen LogP contribution in [-0.2, 0) is 13.1 Å². The van der Waals surface area contributed by atoms with Crippen molar-refractivity contribution in [1.82, 2.24) is 25.4 Å². The smallest absolute Gasteiger partial charge is 0.140 e. The molecule has 2 fully saturated rings. The summed E-state index contributed by atoms with van der Waals surface area (Å²) in [6.45, 7) is 6.00. The lowest BCUT2D eigenvalue weighted by Gasteiger charge is -2.17. The van der Waals surface area contributed by atoms with Crippen LogP contribution in [0, 0.1) is 5.41 Å². The second-order valence-electron chi connectivity index (χ2n) is 7.34. The van der Waals surface area contributed by atoms with Gasteiger partial charge in [-0.3, -0.25) is 0 Å². The van der Waals surface area contributed by atoms with E-state index in [0.29, 0.717) is 11.5 Å². The van der Waals surface area contributed by atoms with Gasteiger partial charge in [0.15, 0.2) is 0 Å². The van der Waals surface area contributed by atoms with Crippen molar-refractivity contribution in [2.45, 2.75) is 51.2 Å². The van der Waals surface area contributed by atoms with Crippen LogP contribution in [0.5, 0.6) is 0 Å². The van der Waals surface area contributed by atoms with Crippen molar-refractivity contribution in [1.29, 1.82) is 0 Å². The van der Waals surface area contributed by atoms with Gasteiger partial charge in [0.1, 0.15) is 12.2 Å². The predicted octanol–water partition coefficient (Wildman–Crippen LogP) is 2.31. The summed E-state index contributed by atoms with van der Waals surface area (Å²) in [7, 11) is 0. The molecule has 2 saturated carbocycles. The van der Waals surface area contributed by atoms with Gasteiger partial charge in [0.2, 0.25) is 0 Å². The van der Waals surface area contributed by atoms with E-state index in [1.54, 1.807) is 6.33 Å². The minimum atomic E-state index is 0.459. The Morgan fingerprint density at radius 1 is 1.21 bits per heavy atom. The fourth-order valence-corrected chi connectivity index (χ4v) is 3.56. The van der Waals surface area contributed by atoms with Crippen molar-refractivity contribution < 1.29 is 0 Å². The van der Waals surface area contributed by atoms with Gasteiger partial charge in [-0.25, -0.2) is 9.67 Å². The first-order chi connectivity index (χ1) is 11.8. The maximum Gasteiger partial charge on any atom is 0.140 e. The molecule has 2 aliphatic rings. The van der Waals surface area contributed by atoms with E-state index in [1.807, 2.05) is 4.68 Å². The topological polar surface area (TPSA) is 54.8 Å². The summed E-state index contributed by atoms with van der Waals surface area (Å²) in [5.41, 5.74) is 1.94. The highest BCUT2D eigenvalue weighted by molar-refractivity contribution is 5.27. The van der Waals surface area contributed by atoms with E-state index in [4.69, 9.17) is 0 Å². The van der Waals surface area contributed by atoms with Crippen LogP contribution in [0.15, 0.2) is 36.7 Å². The standard InChI is InChI=1S/C19H27N5/c1-2-24-18(22-14-23-24)11-20-12-19(8-9-19)13-21-17-10-16(17)15-6-4-3-5-7-15/h3-7,14,16-17,20-21H,2,8-13H2,1H3/t16-,17+/m1/s1. The van der Waals surface area contributed by atoms with Crippen LogP contribution in [0.2, 0.25) is 0 Å².